The average Bonchev–Trinajstić information content (AvgIpc) is 2.31. The molecule has 4 nitrogen and oxygen atoms in total. The largest absolute Gasteiger partial charge is 0.253 e. The monoisotopic (exact) mass is 252 g/mol. The predicted octanol–water partition coefficient (Wildman–Crippen LogP) is 1.96. The first-order chi connectivity index (χ1) is 7.68. The van der Waals surface area contributed by atoms with Crippen LogP contribution in [0.15, 0.2) is 58.8 Å². The minimum absolute atomic E-state index is 0.0469. The number of nitrogens with zero attached hydrogens (tertiary/aromatic N) is 2. The zero-order chi connectivity index (χ0) is 11.4. The Hall–Kier alpha value is -1.40. The van der Waals surface area contributed by atoms with Gasteiger partial charge in [-0.2, -0.15) is 0 Å². The van der Waals surface area contributed by atoms with Gasteiger partial charge in [-0.25, -0.2) is 18.4 Å². The van der Waals surface area contributed by atoms with Crippen LogP contribution in [0.25, 0.3) is 0 Å². The number of hydrogen-bond acceptors (Lipinski definition) is 5. The molecule has 2 aromatic rings. The van der Waals surface area contributed by atoms with Crippen LogP contribution in [0.1, 0.15) is 0 Å². The van der Waals surface area contributed by atoms with Gasteiger partial charge in [0, 0.05) is 23.2 Å². The second-order valence-electron chi connectivity index (χ2n) is 2.87. The quantitative estimate of drug-likeness (QED) is 0.781. The summed E-state index contributed by atoms with van der Waals surface area (Å²) >= 11 is 0. The lowest BCUT2D eigenvalue weighted by molar-refractivity contribution is 0.607. The van der Waals surface area contributed by atoms with Crippen LogP contribution in [-0.4, -0.2) is 18.4 Å². The van der Waals surface area contributed by atoms with Crippen molar-refractivity contribution >= 4 is 19.7 Å². The molecule has 0 N–H and O–H groups in total. The van der Waals surface area contributed by atoms with Gasteiger partial charge in [0.05, 0.1) is 0 Å². The highest BCUT2D eigenvalue weighted by molar-refractivity contribution is 8.72. The molecular weight excluding hydrogens is 244 g/mol. The molecule has 0 spiro atoms. The Balaban J connectivity index is 2.29. The summed E-state index contributed by atoms with van der Waals surface area (Å²) in [5.74, 6) is 0. The third-order valence-corrected chi connectivity index (χ3v) is 4.79. The molecule has 0 aliphatic rings. The van der Waals surface area contributed by atoms with Crippen molar-refractivity contribution in [3.8, 4) is 0 Å². The Labute approximate surface area is 97.1 Å². The molecule has 0 amide bonds. The second kappa shape index (κ2) is 4.63. The Morgan fingerprint density at radius 2 is 1.62 bits per heavy atom. The van der Waals surface area contributed by atoms with Crippen molar-refractivity contribution in [2.24, 2.45) is 0 Å². The summed E-state index contributed by atoms with van der Waals surface area (Å²) in [7, 11) is -2.77. The zero-order valence-corrected chi connectivity index (χ0v) is 9.78. The Morgan fingerprint density at radius 3 is 2.19 bits per heavy atom. The molecule has 0 bridgehead atoms. The molecule has 16 heavy (non-hydrogen) atoms. The van der Waals surface area contributed by atoms with Gasteiger partial charge in [-0.1, -0.05) is 12.1 Å². The van der Waals surface area contributed by atoms with Gasteiger partial charge in [0.15, 0.2) is 5.03 Å². The molecule has 0 aromatic carbocycles. The van der Waals surface area contributed by atoms with Crippen LogP contribution in [0.5, 0.6) is 0 Å². The summed E-state index contributed by atoms with van der Waals surface area (Å²) in [6, 6.07) is 9.89. The van der Waals surface area contributed by atoms with E-state index in [1.54, 1.807) is 36.5 Å². The van der Waals surface area contributed by atoms with Crippen molar-refractivity contribution < 1.29 is 8.42 Å². The van der Waals surface area contributed by atoms with E-state index in [2.05, 4.69) is 9.97 Å². The van der Waals surface area contributed by atoms with Crippen LogP contribution in [0.4, 0.5) is 0 Å². The van der Waals surface area contributed by atoms with Crippen molar-refractivity contribution in [2.45, 2.75) is 10.1 Å². The molecule has 2 aromatic heterocycles. The SMILES string of the molecule is O=S(=O)(Sc1ccccn1)c1ccccn1. The highest BCUT2D eigenvalue weighted by atomic mass is 33.1. The van der Waals surface area contributed by atoms with E-state index in [9.17, 15) is 8.42 Å². The molecule has 0 aliphatic carbocycles. The zero-order valence-electron chi connectivity index (χ0n) is 8.15. The summed E-state index contributed by atoms with van der Waals surface area (Å²) < 4.78 is 23.7. The van der Waals surface area contributed by atoms with E-state index in [1.165, 1.54) is 12.3 Å². The maximum absolute atomic E-state index is 11.9. The van der Waals surface area contributed by atoms with E-state index in [0.29, 0.717) is 15.8 Å². The lowest BCUT2D eigenvalue weighted by atomic mass is 10.5. The van der Waals surface area contributed by atoms with Crippen molar-refractivity contribution in [3.63, 3.8) is 0 Å². The molecule has 2 heterocycles. The summed E-state index contributed by atoms with van der Waals surface area (Å²) in [5, 5.41) is 0.485. The highest BCUT2D eigenvalue weighted by Gasteiger charge is 2.17. The topological polar surface area (TPSA) is 59.9 Å². The van der Waals surface area contributed by atoms with E-state index >= 15 is 0 Å². The van der Waals surface area contributed by atoms with Gasteiger partial charge in [-0.3, -0.25) is 0 Å². The first kappa shape index (κ1) is 11.1. The summed E-state index contributed by atoms with van der Waals surface area (Å²) in [5.41, 5.74) is 0. The van der Waals surface area contributed by atoms with Gasteiger partial charge in [0.1, 0.15) is 5.03 Å². The molecule has 0 saturated heterocycles. The number of aromatic nitrogens is 2. The smallest absolute Gasteiger partial charge is 0.249 e. The number of hydrogen-bond donors (Lipinski definition) is 0. The fraction of sp³-hybridized carbons (Fsp3) is 0. The van der Waals surface area contributed by atoms with Crippen LogP contribution in [-0.2, 0) is 8.87 Å². The highest BCUT2D eigenvalue weighted by Crippen LogP contribution is 2.27. The summed E-state index contributed by atoms with van der Waals surface area (Å²) in [4.78, 5) is 7.76. The Morgan fingerprint density at radius 1 is 0.938 bits per heavy atom. The molecule has 0 aliphatic heterocycles. The van der Waals surface area contributed by atoms with Crippen LogP contribution in [0.2, 0.25) is 0 Å². The first-order valence-corrected chi connectivity index (χ1v) is 7.27. The van der Waals surface area contributed by atoms with Crippen LogP contribution in [0.3, 0.4) is 0 Å². The molecule has 0 atom stereocenters. The minimum atomic E-state index is -3.47. The third kappa shape index (κ3) is 2.59. The second-order valence-corrected chi connectivity index (χ2v) is 6.60. The molecule has 82 valence electrons. The van der Waals surface area contributed by atoms with Gasteiger partial charge in [0.2, 0.25) is 0 Å². The van der Waals surface area contributed by atoms with Gasteiger partial charge in [-0.05, 0) is 24.3 Å². The van der Waals surface area contributed by atoms with Gasteiger partial charge in [0.25, 0.3) is 8.87 Å². The first-order valence-electron chi connectivity index (χ1n) is 4.45. The fourth-order valence-electron chi connectivity index (χ4n) is 1.05. The molecule has 0 fully saturated rings. The Bertz CT molecular complexity index is 556. The third-order valence-electron chi connectivity index (χ3n) is 1.73. The van der Waals surface area contributed by atoms with Crippen LogP contribution >= 0.6 is 10.8 Å². The predicted molar refractivity (Wildman–Crippen MR) is 61.5 cm³/mol. The minimum Gasteiger partial charge on any atom is -0.249 e. The van der Waals surface area contributed by atoms with Crippen molar-refractivity contribution in [1.82, 2.24) is 9.97 Å². The molecule has 0 saturated carbocycles. The standard InChI is InChI=1S/C10H8N2O2S2/c13-16(14,10-6-2-4-8-12-10)15-9-5-1-3-7-11-9/h1-8H. The summed E-state index contributed by atoms with van der Waals surface area (Å²) in [6.45, 7) is 0. The van der Waals surface area contributed by atoms with Crippen molar-refractivity contribution in [2.75, 3.05) is 0 Å². The van der Waals surface area contributed by atoms with Crippen LogP contribution in [0, 0.1) is 0 Å². The lowest BCUT2D eigenvalue weighted by Crippen LogP contribution is -1.98. The van der Waals surface area contributed by atoms with E-state index in [-0.39, 0.29) is 5.03 Å². The Kier molecular flexibility index (Phi) is 3.21. The fourth-order valence-corrected chi connectivity index (χ4v) is 3.55. The molecule has 0 radical (unpaired) electrons. The molecule has 2 rings (SSSR count). The number of pyridine rings is 2. The van der Waals surface area contributed by atoms with Gasteiger partial charge >= 0.3 is 0 Å². The van der Waals surface area contributed by atoms with Gasteiger partial charge < -0.3 is 0 Å². The van der Waals surface area contributed by atoms with E-state index in [0.717, 1.165) is 0 Å². The maximum Gasteiger partial charge on any atom is 0.253 e. The van der Waals surface area contributed by atoms with Crippen LogP contribution < -0.4 is 0 Å². The van der Waals surface area contributed by atoms with Crippen molar-refractivity contribution in [1.29, 1.82) is 0 Å². The number of rotatable bonds is 3. The molecule has 6 heteroatoms. The average molecular weight is 252 g/mol. The normalized spacial score (nSPS) is 11.2. The van der Waals surface area contributed by atoms with E-state index in [4.69, 9.17) is 0 Å². The lowest BCUT2D eigenvalue weighted by Gasteiger charge is -2.01. The maximum atomic E-state index is 11.9. The molecular formula is C10H8N2O2S2. The summed E-state index contributed by atoms with van der Waals surface area (Å²) in [6.07, 6.45) is 3.00. The van der Waals surface area contributed by atoms with Gasteiger partial charge in [-0.15, -0.1) is 0 Å². The van der Waals surface area contributed by atoms with E-state index in [1.807, 2.05) is 0 Å². The van der Waals surface area contributed by atoms with Crippen molar-refractivity contribution in [3.05, 3.63) is 48.8 Å². The molecule has 0 unspecified atom stereocenters. The van der Waals surface area contributed by atoms with E-state index < -0.39 is 8.87 Å².